The highest BCUT2D eigenvalue weighted by Gasteiger charge is 2.24. The van der Waals surface area contributed by atoms with Crippen molar-refractivity contribution in [2.24, 2.45) is 0 Å². The Bertz CT molecular complexity index is 554. The fraction of sp³-hybridized carbons (Fsp3) is 0.500. The second kappa shape index (κ2) is 8.80. The monoisotopic (exact) mass is 326 g/mol. The molecule has 0 heterocycles. The summed E-state index contributed by atoms with van der Waals surface area (Å²) in [7, 11) is 0. The van der Waals surface area contributed by atoms with Crippen LogP contribution in [0.3, 0.4) is 0 Å². The van der Waals surface area contributed by atoms with Gasteiger partial charge in [0.25, 0.3) is 0 Å². The Hall–Kier alpha value is -1.53. The van der Waals surface area contributed by atoms with Crippen molar-refractivity contribution in [2.45, 2.75) is 38.5 Å². The summed E-state index contributed by atoms with van der Waals surface area (Å²) < 4.78 is 5.29. The van der Waals surface area contributed by atoms with Crippen LogP contribution in [0.4, 0.5) is 0 Å². The number of benzene rings is 1. The van der Waals surface area contributed by atoms with Crippen LogP contribution in [0.15, 0.2) is 11.0 Å². The third-order valence-corrected chi connectivity index (χ3v) is 4.40. The molecule has 0 radical (unpaired) electrons. The maximum absolute atomic E-state index is 11.5. The Morgan fingerprint density at radius 3 is 2.18 bits per heavy atom. The Kier molecular flexibility index (Phi) is 7.41. The quantitative estimate of drug-likeness (QED) is 0.535. The van der Waals surface area contributed by atoms with Gasteiger partial charge in [0.2, 0.25) is 0 Å². The van der Waals surface area contributed by atoms with Crippen LogP contribution < -0.4 is 0 Å². The summed E-state index contributed by atoms with van der Waals surface area (Å²) in [6.07, 6.45) is 1.16. The maximum Gasteiger partial charge on any atom is 0.336 e. The number of hydrogen-bond donors (Lipinski definition) is 2. The third kappa shape index (κ3) is 4.24. The number of carboxylic acid groups (broad SMARTS) is 2. The van der Waals surface area contributed by atoms with Gasteiger partial charge in [0.05, 0.1) is 17.7 Å². The molecule has 0 aliphatic heterocycles. The van der Waals surface area contributed by atoms with E-state index in [-0.39, 0.29) is 11.1 Å². The van der Waals surface area contributed by atoms with Gasteiger partial charge in [0.15, 0.2) is 0 Å². The fourth-order valence-corrected chi connectivity index (χ4v) is 3.49. The van der Waals surface area contributed by atoms with E-state index in [4.69, 9.17) is 4.74 Å². The van der Waals surface area contributed by atoms with Gasteiger partial charge in [0.1, 0.15) is 0 Å². The van der Waals surface area contributed by atoms with Gasteiger partial charge in [-0.05, 0) is 37.0 Å². The van der Waals surface area contributed by atoms with Gasteiger partial charge in [-0.3, -0.25) is 0 Å². The Balaban J connectivity index is 3.35. The normalized spacial score (nSPS) is 10.7. The summed E-state index contributed by atoms with van der Waals surface area (Å²) in [5.74, 6) is -1.69. The molecule has 0 saturated carbocycles. The van der Waals surface area contributed by atoms with Crippen LogP contribution in [-0.4, -0.2) is 41.1 Å². The molecule has 0 aliphatic rings. The molecule has 122 valence electrons. The zero-order chi connectivity index (χ0) is 16.7. The van der Waals surface area contributed by atoms with Crippen molar-refractivity contribution in [1.29, 1.82) is 0 Å². The van der Waals surface area contributed by atoms with E-state index in [0.717, 1.165) is 10.5 Å². The minimum absolute atomic E-state index is 0.0824. The molecule has 0 aliphatic carbocycles. The predicted molar refractivity (Wildman–Crippen MR) is 86.3 cm³/mol. The first-order valence-corrected chi connectivity index (χ1v) is 8.32. The van der Waals surface area contributed by atoms with E-state index in [1.54, 1.807) is 0 Å². The minimum atomic E-state index is -1.21. The van der Waals surface area contributed by atoms with Crippen molar-refractivity contribution in [3.8, 4) is 0 Å². The largest absolute Gasteiger partial charge is 0.478 e. The minimum Gasteiger partial charge on any atom is -0.478 e. The predicted octanol–water partition coefficient (Wildman–Crippen LogP) is 3.34. The van der Waals surface area contributed by atoms with Crippen molar-refractivity contribution in [3.05, 3.63) is 28.3 Å². The first kappa shape index (κ1) is 18.5. The molecule has 0 amide bonds. The van der Waals surface area contributed by atoms with Crippen LogP contribution in [0, 0.1) is 0 Å². The van der Waals surface area contributed by atoms with Crippen LogP contribution >= 0.6 is 11.8 Å². The Morgan fingerprint density at radius 1 is 1.09 bits per heavy atom. The second-order valence-electron chi connectivity index (χ2n) is 4.62. The first-order valence-electron chi connectivity index (χ1n) is 7.33. The van der Waals surface area contributed by atoms with Gasteiger partial charge in [-0.25, -0.2) is 9.59 Å². The molecule has 1 aromatic carbocycles. The van der Waals surface area contributed by atoms with E-state index in [0.29, 0.717) is 37.4 Å². The summed E-state index contributed by atoms with van der Waals surface area (Å²) >= 11 is 1.51. The van der Waals surface area contributed by atoms with Crippen LogP contribution in [0.25, 0.3) is 0 Å². The summed E-state index contributed by atoms with van der Waals surface area (Å²) in [6.45, 7) is 6.94. The summed E-state index contributed by atoms with van der Waals surface area (Å²) in [4.78, 5) is 23.8. The Labute approximate surface area is 134 Å². The van der Waals surface area contributed by atoms with Gasteiger partial charge in [-0.15, -0.1) is 11.8 Å². The molecule has 5 nitrogen and oxygen atoms in total. The smallest absolute Gasteiger partial charge is 0.336 e. The SMILES string of the molecule is CCOCCSc1cc(C(=O)O)c(C(=O)O)c(CC)c1CC. The average Bonchev–Trinajstić information content (AvgIpc) is 2.49. The van der Waals surface area contributed by atoms with Crippen LogP contribution in [0.1, 0.15) is 52.6 Å². The van der Waals surface area contributed by atoms with Gasteiger partial charge >= 0.3 is 11.9 Å². The lowest BCUT2D eigenvalue weighted by Gasteiger charge is -2.17. The highest BCUT2D eigenvalue weighted by Crippen LogP contribution is 2.32. The van der Waals surface area contributed by atoms with E-state index in [1.807, 2.05) is 20.8 Å². The number of carboxylic acids is 2. The maximum atomic E-state index is 11.5. The van der Waals surface area contributed by atoms with Crippen molar-refractivity contribution >= 4 is 23.7 Å². The molecule has 0 saturated heterocycles. The van der Waals surface area contributed by atoms with Crippen molar-refractivity contribution < 1.29 is 24.5 Å². The molecule has 2 N–H and O–H groups in total. The van der Waals surface area contributed by atoms with E-state index in [9.17, 15) is 19.8 Å². The number of thioether (sulfide) groups is 1. The molecule has 1 rings (SSSR count). The number of rotatable bonds is 9. The zero-order valence-electron chi connectivity index (χ0n) is 13.1. The van der Waals surface area contributed by atoms with Gasteiger partial charge < -0.3 is 14.9 Å². The number of aromatic carboxylic acids is 2. The third-order valence-electron chi connectivity index (χ3n) is 3.35. The second-order valence-corrected chi connectivity index (χ2v) is 5.75. The number of ether oxygens (including phenoxy) is 1. The summed E-state index contributed by atoms with van der Waals surface area (Å²) in [6, 6.07) is 1.49. The average molecular weight is 326 g/mol. The number of carbonyl (C=O) groups is 2. The lowest BCUT2D eigenvalue weighted by Crippen LogP contribution is -2.14. The molecule has 0 bridgehead atoms. The number of hydrogen-bond acceptors (Lipinski definition) is 4. The van der Waals surface area contributed by atoms with Crippen molar-refractivity contribution in [3.63, 3.8) is 0 Å². The van der Waals surface area contributed by atoms with E-state index < -0.39 is 11.9 Å². The topological polar surface area (TPSA) is 83.8 Å². The van der Waals surface area contributed by atoms with Crippen molar-refractivity contribution in [2.75, 3.05) is 19.0 Å². The Morgan fingerprint density at radius 2 is 1.73 bits per heavy atom. The molecule has 22 heavy (non-hydrogen) atoms. The van der Waals surface area contributed by atoms with Gasteiger partial charge in [-0.1, -0.05) is 13.8 Å². The summed E-state index contributed by atoms with van der Waals surface area (Å²) in [5.41, 5.74) is 1.32. The molecule has 0 atom stereocenters. The fourth-order valence-electron chi connectivity index (χ4n) is 2.43. The van der Waals surface area contributed by atoms with E-state index in [2.05, 4.69) is 0 Å². The molecule has 0 aromatic heterocycles. The van der Waals surface area contributed by atoms with Gasteiger partial charge in [-0.2, -0.15) is 0 Å². The lowest BCUT2D eigenvalue weighted by molar-refractivity contribution is 0.0650. The highest BCUT2D eigenvalue weighted by atomic mass is 32.2. The first-order chi connectivity index (χ1) is 10.5. The lowest BCUT2D eigenvalue weighted by atomic mass is 9.92. The molecule has 0 spiro atoms. The summed E-state index contributed by atoms with van der Waals surface area (Å²) in [5, 5.41) is 18.7. The van der Waals surface area contributed by atoms with Gasteiger partial charge in [0, 0.05) is 17.3 Å². The zero-order valence-corrected chi connectivity index (χ0v) is 14.0. The molecule has 0 unspecified atom stereocenters. The molecular weight excluding hydrogens is 304 g/mol. The highest BCUT2D eigenvalue weighted by molar-refractivity contribution is 7.99. The molecule has 6 heteroatoms. The molecular formula is C16H22O5S. The standard InChI is InChI=1S/C16H22O5S/c1-4-10-11(5-2)14(16(19)20)12(15(17)18)9-13(10)22-8-7-21-6-3/h9H,4-8H2,1-3H3,(H,17,18)(H,19,20). The molecule has 1 aromatic rings. The van der Waals surface area contributed by atoms with Crippen LogP contribution in [-0.2, 0) is 17.6 Å². The van der Waals surface area contributed by atoms with Crippen molar-refractivity contribution in [1.82, 2.24) is 0 Å². The van der Waals surface area contributed by atoms with Crippen LogP contribution in [0.2, 0.25) is 0 Å². The van der Waals surface area contributed by atoms with Crippen LogP contribution in [0.5, 0.6) is 0 Å². The van der Waals surface area contributed by atoms with E-state index >= 15 is 0 Å². The van der Waals surface area contributed by atoms with E-state index in [1.165, 1.54) is 17.8 Å². The molecule has 0 fully saturated rings.